The summed E-state index contributed by atoms with van der Waals surface area (Å²) in [5, 5.41) is 12.6. The van der Waals surface area contributed by atoms with Gasteiger partial charge in [0.1, 0.15) is 5.25 Å². The SMILES string of the molecule is N#CCCCCN1CC(S(N)(=O)=O)CC1=O. The molecule has 90 valence electrons. The van der Waals surface area contributed by atoms with Gasteiger partial charge in [0.2, 0.25) is 15.9 Å². The molecule has 7 heteroatoms. The van der Waals surface area contributed by atoms with Crippen LogP contribution in [0.25, 0.3) is 0 Å². The van der Waals surface area contributed by atoms with Crippen LogP contribution in [0.15, 0.2) is 0 Å². The molecule has 1 heterocycles. The van der Waals surface area contributed by atoms with Crippen LogP contribution >= 0.6 is 0 Å². The fourth-order valence-electron chi connectivity index (χ4n) is 1.68. The average Bonchev–Trinajstić information content (AvgIpc) is 2.55. The first kappa shape index (κ1) is 12.9. The Labute approximate surface area is 95.1 Å². The highest BCUT2D eigenvalue weighted by molar-refractivity contribution is 7.89. The molecule has 1 aliphatic rings. The van der Waals surface area contributed by atoms with Crippen LogP contribution in [0.2, 0.25) is 0 Å². The Morgan fingerprint density at radius 3 is 2.69 bits per heavy atom. The van der Waals surface area contributed by atoms with E-state index in [9.17, 15) is 13.2 Å². The van der Waals surface area contributed by atoms with E-state index < -0.39 is 15.3 Å². The molecular weight excluding hydrogens is 230 g/mol. The fraction of sp³-hybridized carbons (Fsp3) is 0.778. The lowest BCUT2D eigenvalue weighted by atomic mass is 10.2. The number of hydrogen-bond donors (Lipinski definition) is 1. The standard InChI is InChI=1S/C9H15N3O3S/c10-4-2-1-3-5-12-7-8(6-9(12)13)16(11,14)15/h8H,1-3,5-7H2,(H2,11,14,15). The maximum absolute atomic E-state index is 11.4. The number of nitrogens with two attached hydrogens (primary N) is 1. The molecule has 1 aliphatic heterocycles. The first-order valence-electron chi connectivity index (χ1n) is 5.11. The second kappa shape index (κ2) is 5.27. The molecule has 0 aromatic heterocycles. The maximum atomic E-state index is 11.4. The van der Waals surface area contributed by atoms with Gasteiger partial charge in [-0.25, -0.2) is 13.6 Å². The molecule has 1 saturated heterocycles. The van der Waals surface area contributed by atoms with Gasteiger partial charge in [0.25, 0.3) is 0 Å². The highest BCUT2D eigenvalue weighted by Crippen LogP contribution is 2.16. The van der Waals surface area contributed by atoms with Crippen LogP contribution in [-0.4, -0.2) is 37.6 Å². The summed E-state index contributed by atoms with van der Waals surface area (Å²) in [6, 6.07) is 2.02. The molecule has 0 bridgehead atoms. The average molecular weight is 245 g/mol. The number of unbranched alkanes of at least 4 members (excludes halogenated alkanes) is 2. The number of hydrogen-bond acceptors (Lipinski definition) is 4. The van der Waals surface area contributed by atoms with Crippen molar-refractivity contribution in [1.82, 2.24) is 4.90 Å². The molecule has 1 rings (SSSR count). The Balaban J connectivity index is 2.41. The van der Waals surface area contributed by atoms with E-state index in [1.54, 1.807) is 0 Å². The number of nitrogens with zero attached hydrogens (tertiary/aromatic N) is 2. The van der Waals surface area contributed by atoms with Gasteiger partial charge in [-0.2, -0.15) is 5.26 Å². The number of carbonyl (C=O) groups excluding carboxylic acids is 1. The van der Waals surface area contributed by atoms with E-state index in [0.29, 0.717) is 13.0 Å². The van der Waals surface area contributed by atoms with E-state index in [0.717, 1.165) is 12.8 Å². The minimum absolute atomic E-state index is 0.0168. The monoisotopic (exact) mass is 245 g/mol. The fourth-order valence-corrected chi connectivity index (χ4v) is 2.44. The number of amides is 1. The first-order chi connectivity index (χ1) is 7.45. The Morgan fingerprint density at radius 1 is 1.50 bits per heavy atom. The molecule has 2 N–H and O–H groups in total. The van der Waals surface area contributed by atoms with Crippen molar-refractivity contribution in [3.63, 3.8) is 0 Å². The Bertz CT molecular complexity index is 399. The number of primary sulfonamides is 1. The van der Waals surface area contributed by atoms with E-state index in [1.165, 1.54) is 4.90 Å². The molecule has 1 amide bonds. The molecule has 16 heavy (non-hydrogen) atoms. The number of rotatable bonds is 5. The zero-order chi connectivity index (χ0) is 12.2. The summed E-state index contributed by atoms with van der Waals surface area (Å²) in [6.45, 7) is 0.691. The van der Waals surface area contributed by atoms with E-state index in [-0.39, 0.29) is 18.9 Å². The van der Waals surface area contributed by atoms with Crippen LogP contribution in [0.1, 0.15) is 25.7 Å². The molecule has 0 aromatic carbocycles. The molecule has 1 atom stereocenters. The van der Waals surface area contributed by atoms with Crippen LogP contribution in [0.4, 0.5) is 0 Å². The third-order valence-electron chi connectivity index (χ3n) is 2.61. The molecule has 0 spiro atoms. The Kier molecular flexibility index (Phi) is 4.26. The zero-order valence-corrected chi connectivity index (χ0v) is 9.74. The van der Waals surface area contributed by atoms with Gasteiger partial charge >= 0.3 is 0 Å². The molecular formula is C9H15N3O3S. The summed E-state index contributed by atoms with van der Waals surface area (Å²) in [4.78, 5) is 12.9. The van der Waals surface area contributed by atoms with Crippen LogP contribution in [0, 0.1) is 11.3 Å². The van der Waals surface area contributed by atoms with Gasteiger partial charge in [-0.1, -0.05) is 0 Å². The zero-order valence-electron chi connectivity index (χ0n) is 8.92. The summed E-state index contributed by atoms with van der Waals surface area (Å²) in [7, 11) is -3.62. The van der Waals surface area contributed by atoms with E-state index in [2.05, 4.69) is 0 Å². The second-order valence-electron chi connectivity index (χ2n) is 3.87. The summed E-state index contributed by atoms with van der Waals surface area (Å²) in [6.07, 6.45) is 1.88. The van der Waals surface area contributed by atoms with Crippen molar-refractivity contribution in [3.8, 4) is 6.07 Å². The van der Waals surface area contributed by atoms with Crippen molar-refractivity contribution in [1.29, 1.82) is 5.26 Å². The van der Waals surface area contributed by atoms with Gasteiger partial charge in [-0.05, 0) is 12.8 Å². The molecule has 0 saturated carbocycles. The van der Waals surface area contributed by atoms with Gasteiger partial charge in [0, 0.05) is 25.9 Å². The normalized spacial score (nSPS) is 21.1. The van der Waals surface area contributed by atoms with Crippen molar-refractivity contribution in [2.45, 2.75) is 30.9 Å². The lowest BCUT2D eigenvalue weighted by Gasteiger charge is -2.15. The number of nitriles is 1. The van der Waals surface area contributed by atoms with E-state index in [1.807, 2.05) is 6.07 Å². The molecule has 6 nitrogen and oxygen atoms in total. The predicted octanol–water partition coefficient (Wildman–Crippen LogP) is -0.430. The molecule has 1 unspecified atom stereocenters. The van der Waals surface area contributed by atoms with Gasteiger partial charge in [0.15, 0.2) is 0 Å². The number of sulfonamides is 1. The molecule has 0 radical (unpaired) electrons. The lowest BCUT2D eigenvalue weighted by molar-refractivity contribution is -0.127. The summed E-state index contributed by atoms with van der Waals surface area (Å²) >= 11 is 0. The van der Waals surface area contributed by atoms with Gasteiger partial charge in [0.05, 0.1) is 6.07 Å². The molecule has 0 aromatic rings. The van der Waals surface area contributed by atoms with Gasteiger partial charge in [-0.15, -0.1) is 0 Å². The highest BCUT2D eigenvalue weighted by atomic mass is 32.2. The molecule has 1 fully saturated rings. The van der Waals surface area contributed by atoms with Crippen LogP contribution in [-0.2, 0) is 14.8 Å². The van der Waals surface area contributed by atoms with Crippen molar-refractivity contribution in [2.24, 2.45) is 5.14 Å². The maximum Gasteiger partial charge on any atom is 0.224 e. The van der Waals surface area contributed by atoms with Crippen LogP contribution in [0.3, 0.4) is 0 Å². The van der Waals surface area contributed by atoms with E-state index >= 15 is 0 Å². The third-order valence-corrected chi connectivity index (χ3v) is 3.86. The number of likely N-dealkylation sites (tertiary alicyclic amines) is 1. The predicted molar refractivity (Wildman–Crippen MR) is 57.6 cm³/mol. The smallest absolute Gasteiger partial charge is 0.224 e. The Morgan fingerprint density at radius 2 is 2.19 bits per heavy atom. The molecule has 0 aliphatic carbocycles. The van der Waals surface area contributed by atoms with Crippen molar-refractivity contribution in [3.05, 3.63) is 0 Å². The van der Waals surface area contributed by atoms with Crippen LogP contribution in [0.5, 0.6) is 0 Å². The summed E-state index contributed by atoms with van der Waals surface area (Å²) in [5.41, 5.74) is 0. The summed E-state index contributed by atoms with van der Waals surface area (Å²) < 4.78 is 22.1. The van der Waals surface area contributed by atoms with Crippen LogP contribution < -0.4 is 5.14 Å². The second-order valence-corrected chi connectivity index (χ2v) is 5.71. The topological polar surface area (TPSA) is 104 Å². The largest absolute Gasteiger partial charge is 0.341 e. The third kappa shape index (κ3) is 3.47. The minimum atomic E-state index is -3.62. The van der Waals surface area contributed by atoms with Crippen molar-refractivity contribution in [2.75, 3.05) is 13.1 Å². The Hall–Kier alpha value is -1.13. The van der Waals surface area contributed by atoms with Gasteiger partial charge in [-0.3, -0.25) is 4.79 Å². The highest BCUT2D eigenvalue weighted by Gasteiger charge is 2.35. The lowest BCUT2D eigenvalue weighted by Crippen LogP contribution is -2.32. The van der Waals surface area contributed by atoms with Crippen molar-refractivity contribution >= 4 is 15.9 Å². The quantitative estimate of drug-likeness (QED) is 0.663. The first-order valence-corrected chi connectivity index (χ1v) is 6.72. The van der Waals surface area contributed by atoms with Crippen molar-refractivity contribution < 1.29 is 13.2 Å². The summed E-state index contributed by atoms with van der Waals surface area (Å²) in [5.74, 6) is -0.170. The minimum Gasteiger partial charge on any atom is -0.341 e. The van der Waals surface area contributed by atoms with E-state index in [4.69, 9.17) is 10.4 Å². The van der Waals surface area contributed by atoms with Gasteiger partial charge < -0.3 is 4.90 Å². The number of carbonyl (C=O) groups is 1.